The quantitative estimate of drug-likeness (QED) is 0.473. The van der Waals surface area contributed by atoms with Crippen molar-refractivity contribution in [2.24, 2.45) is 0 Å². The van der Waals surface area contributed by atoms with Crippen molar-refractivity contribution in [2.45, 2.75) is 6.04 Å². The van der Waals surface area contributed by atoms with E-state index < -0.39 is 6.04 Å². The van der Waals surface area contributed by atoms with E-state index in [0.29, 0.717) is 27.9 Å². The fraction of sp³-hybridized carbons (Fsp3) is 0.105. The van der Waals surface area contributed by atoms with Gasteiger partial charge in [-0.2, -0.15) is 9.78 Å². The van der Waals surface area contributed by atoms with Gasteiger partial charge in [0.05, 0.1) is 12.8 Å². The van der Waals surface area contributed by atoms with Gasteiger partial charge in [-0.15, -0.1) is 0 Å². The lowest BCUT2D eigenvalue weighted by Gasteiger charge is -2.28. The number of halogens is 1. The second-order valence-corrected chi connectivity index (χ2v) is 6.82. The van der Waals surface area contributed by atoms with E-state index in [0.717, 1.165) is 16.9 Å². The van der Waals surface area contributed by atoms with Gasteiger partial charge < -0.3 is 10.1 Å². The van der Waals surface area contributed by atoms with Crippen LogP contribution in [0.15, 0.2) is 53.3 Å². The first-order valence-corrected chi connectivity index (χ1v) is 9.11. The van der Waals surface area contributed by atoms with E-state index >= 15 is 0 Å². The van der Waals surface area contributed by atoms with Crippen LogP contribution in [0.2, 0.25) is 5.02 Å². The molecule has 144 valence electrons. The highest BCUT2D eigenvalue weighted by Gasteiger charge is 2.35. The molecule has 5 rings (SSSR count). The molecule has 9 nitrogen and oxygen atoms in total. The minimum Gasteiger partial charge on any atom is -0.497 e. The Kier molecular flexibility index (Phi) is 4.02. The number of tetrazole rings is 1. The number of hydrogen-bond donors (Lipinski definition) is 2. The Hall–Kier alpha value is -3.72. The smallest absolute Gasteiger partial charge is 0.288 e. The Balaban J connectivity index is 1.81. The summed E-state index contributed by atoms with van der Waals surface area (Å²) in [5.74, 6) is 1.07. The number of nitrogens with zero attached hydrogens (tertiary/aromatic N) is 5. The van der Waals surface area contributed by atoms with Gasteiger partial charge in [0.2, 0.25) is 5.95 Å². The molecular weight excluding hydrogens is 394 g/mol. The standard InChI is InChI=1S/C19H14ClN7O2/c1-29-11-8-6-10(7-9-11)15-14-16(18(28)23-22-15)21-19-24-25-26-27(19)17(14)12-4-2-3-5-13(12)20/h2-9,17H,1H3,(H,23,28)(H,21,24,26)/t17-/m1/s1. The first-order valence-electron chi connectivity index (χ1n) is 8.73. The van der Waals surface area contributed by atoms with Crippen molar-refractivity contribution >= 4 is 23.2 Å². The summed E-state index contributed by atoms with van der Waals surface area (Å²) in [6, 6.07) is 14.3. The molecule has 0 unspecified atom stereocenters. The number of H-pyrrole nitrogens is 1. The van der Waals surface area contributed by atoms with Crippen LogP contribution in [0.4, 0.5) is 11.6 Å². The van der Waals surface area contributed by atoms with Gasteiger partial charge in [0.1, 0.15) is 17.5 Å². The van der Waals surface area contributed by atoms with E-state index in [2.05, 4.69) is 31.0 Å². The lowest BCUT2D eigenvalue weighted by molar-refractivity contribution is 0.415. The summed E-state index contributed by atoms with van der Waals surface area (Å²) in [6.45, 7) is 0. The summed E-state index contributed by atoms with van der Waals surface area (Å²) >= 11 is 6.51. The molecule has 0 amide bonds. The molecule has 0 spiro atoms. The fourth-order valence-electron chi connectivity index (χ4n) is 3.49. The predicted molar refractivity (Wildman–Crippen MR) is 107 cm³/mol. The Labute approximate surface area is 169 Å². The largest absolute Gasteiger partial charge is 0.497 e. The van der Waals surface area contributed by atoms with Gasteiger partial charge in [-0.3, -0.25) is 4.79 Å². The minimum absolute atomic E-state index is 0.332. The number of rotatable bonds is 3. The van der Waals surface area contributed by atoms with E-state index in [1.54, 1.807) is 17.9 Å². The predicted octanol–water partition coefficient (Wildman–Crippen LogP) is 2.78. The zero-order valence-electron chi connectivity index (χ0n) is 15.1. The van der Waals surface area contributed by atoms with Gasteiger partial charge in [0, 0.05) is 21.7 Å². The van der Waals surface area contributed by atoms with E-state index in [-0.39, 0.29) is 5.56 Å². The summed E-state index contributed by atoms with van der Waals surface area (Å²) in [6.07, 6.45) is 0. The zero-order chi connectivity index (χ0) is 20.0. The van der Waals surface area contributed by atoms with Crippen molar-refractivity contribution in [1.29, 1.82) is 0 Å². The topological polar surface area (TPSA) is 111 Å². The first kappa shape index (κ1) is 17.4. The highest BCUT2D eigenvalue weighted by molar-refractivity contribution is 6.31. The van der Waals surface area contributed by atoms with Crippen molar-refractivity contribution in [1.82, 2.24) is 30.4 Å². The highest BCUT2D eigenvalue weighted by Crippen LogP contribution is 2.42. The van der Waals surface area contributed by atoms with Crippen molar-refractivity contribution < 1.29 is 4.74 Å². The maximum absolute atomic E-state index is 12.6. The molecular formula is C19H14ClN7O2. The third-order valence-corrected chi connectivity index (χ3v) is 5.18. The molecule has 1 atom stereocenters. The summed E-state index contributed by atoms with van der Waals surface area (Å²) < 4.78 is 6.84. The Bertz CT molecular complexity index is 1270. The van der Waals surface area contributed by atoms with Crippen LogP contribution in [-0.4, -0.2) is 37.5 Å². The van der Waals surface area contributed by atoms with Crippen LogP contribution in [-0.2, 0) is 0 Å². The molecule has 0 fully saturated rings. The summed E-state index contributed by atoms with van der Waals surface area (Å²) in [7, 11) is 1.60. The maximum Gasteiger partial charge on any atom is 0.288 e. The van der Waals surface area contributed by atoms with Crippen molar-refractivity contribution in [3.63, 3.8) is 0 Å². The van der Waals surface area contributed by atoms with Crippen LogP contribution in [0.1, 0.15) is 17.2 Å². The fourth-order valence-corrected chi connectivity index (χ4v) is 3.73. The molecule has 0 bridgehead atoms. The molecule has 2 N–H and O–H groups in total. The second-order valence-electron chi connectivity index (χ2n) is 6.41. The second kappa shape index (κ2) is 6.71. The SMILES string of the molecule is COc1ccc(-c2n[nH]c(=O)c3c2[C@@H](c2ccccc2Cl)n2nnnc2N3)cc1. The molecule has 0 saturated carbocycles. The number of aromatic amines is 1. The van der Waals surface area contributed by atoms with Crippen LogP contribution < -0.4 is 15.6 Å². The van der Waals surface area contributed by atoms with E-state index in [4.69, 9.17) is 16.3 Å². The third-order valence-electron chi connectivity index (χ3n) is 4.83. The van der Waals surface area contributed by atoms with Crippen LogP contribution in [0, 0.1) is 0 Å². The van der Waals surface area contributed by atoms with Crippen molar-refractivity contribution in [2.75, 3.05) is 12.4 Å². The average molecular weight is 408 g/mol. The average Bonchev–Trinajstić information content (AvgIpc) is 3.22. The molecule has 2 aromatic heterocycles. The van der Waals surface area contributed by atoms with Gasteiger partial charge in [0.15, 0.2) is 0 Å². The lowest BCUT2D eigenvalue weighted by Crippen LogP contribution is -2.29. The molecule has 2 aromatic carbocycles. The number of ether oxygens (including phenoxy) is 1. The highest BCUT2D eigenvalue weighted by atomic mass is 35.5. The Morgan fingerprint density at radius 1 is 1.14 bits per heavy atom. The van der Waals surface area contributed by atoms with Gasteiger partial charge in [-0.1, -0.05) is 34.9 Å². The molecule has 1 aliphatic heterocycles. The minimum atomic E-state index is -0.531. The molecule has 29 heavy (non-hydrogen) atoms. The van der Waals surface area contributed by atoms with Crippen molar-refractivity contribution in [3.05, 3.63) is 75.0 Å². The maximum atomic E-state index is 12.6. The number of hydrogen-bond acceptors (Lipinski definition) is 7. The van der Waals surface area contributed by atoms with Crippen LogP contribution in [0.25, 0.3) is 11.3 Å². The van der Waals surface area contributed by atoms with E-state index in [1.807, 2.05) is 42.5 Å². The van der Waals surface area contributed by atoms with Crippen LogP contribution in [0.5, 0.6) is 5.75 Å². The van der Waals surface area contributed by atoms with Gasteiger partial charge in [-0.05, 0) is 40.8 Å². The number of methoxy groups -OCH3 is 1. The van der Waals surface area contributed by atoms with Gasteiger partial charge >= 0.3 is 0 Å². The third kappa shape index (κ3) is 2.74. The number of benzene rings is 2. The lowest BCUT2D eigenvalue weighted by atomic mass is 9.92. The first-order chi connectivity index (χ1) is 14.2. The number of aromatic nitrogens is 6. The number of nitrogens with one attached hydrogen (secondary N) is 2. The molecule has 10 heteroatoms. The van der Waals surface area contributed by atoms with E-state index in [1.165, 1.54) is 0 Å². The van der Waals surface area contributed by atoms with E-state index in [9.17, 15) is 4.79 Å². The monoisotopic (exact) mass is 407 g/mol. The Morgan fingerprint density at radius 2 is 1.93 bits per heavy atom. The molecule has 0 aliphatic carbocycles. The Morgan fingerprint density at radius 3 is 2.69 bits per heavy atom. The molecule has 0 radical (unpaired) electrons. The molecule has 1 aliphatic rings. The number of anilines is 2. The van der Waals surface area contributed by atoms with Crippen LogP contribution in [0.3, 0.4) is 0 Å². The number of fused-ring (bicyclic) bond motifs is 2. The summed E-state index contributed by atoms with van der Waals surface area (Å²) in [5.41, 5.74) is 2.73. The molecule has 3 heterocycles. The summed E-state index contributed by atoms with van der Waals surface area (Å²) in [5, 5.41) is 22.3. The molecule has 0 saturated heterocycles. The van der Waals surface area contributed by atoms with Gasteiger partial charge in [-0.25, -0.2) is 5.10 Å². The molecule has 4 aromatic rings. The normalized spacial score (nSPS) is 14.6. The van der Waals surface area contributed by atoms with Crippen molar-refractivity contribution in [3.8, 4) is 17.0 Å². The van der Waals surface area contributed by atoms with Crippen LogP contribution >= 0.6 is 11.6 Å². The van der Waals surface area contributed by atoms with Gasteiger partial charge in [0.25, 0.3) is 5.56 Å². The zero-order valence-corrected chi connectivity index (χ0v) is 15.9. The summed E-state index contributed by atoms with van der Waals surface area (Å²) in [4.78, 5) is 12.6.